The minimum absolute atomic E-state index is 0.0526. The first-order valence-corrected chi connectivity index (χ1v) is 8.09. The first-order chi connectivity index (χ1) is 10.0. The van der Waals surface area contributed by atoms with E-state index in [9.17, 15) is 4.79 Å². The highest BCUT2D eigenvalue weighted by Crippen LogP contribution is 2.26. The van der Waals surface area contributed by atoms with E-state index in [4.69, 9.17) is 0 Å². The summed E-state index contributed by atoms with van der Waals surface area (Å²) in [7, 11) is 0. The Kier molecular flexibility index (Phi) is 5.04. The fourth-order valence-electron chi connectivity index (χ4n) is 3.22. The average Bonchev–Trinajstić information content (AvgIpc) is 2.96. The third-order valence-corrected chi connectivity index (χ3v) is 4.60. The molecule has 1 amide bonds. The largest absolute Gasteiger partial charge is 0.354 e. The van der Waals surface area contributed by atoms with Gasteiger partial charge in [-0.2, -0.15) is 0 Å². The maximum atomic E-state index is 12.7. The predicted molar refractivity (Wildman–Crippen MR) is 87.4 cm³/mol. The standard InChI is InChI=1S/C18H28N2O/c1-4-11-18(12-8-13-20-18)16(21)19-14-17(2,3)15-9-6-5-7-10-15/h5-7,9-10,20H,4,8,11-14H2,1-3H3,(H,19,21). The van der Waals surface area contributed by atoms with Crippen molar-refractivity contribution in [1.29, 1.82) is 0 Å². The molecule has 1 fully saturated rings. The van der Waals surface area contributed by atoms with E-state index in [2.05, 4.69) is 55.7 Å². The number of nitrogens with one attached hydrogen (secondary N) is 2. The van der Waals surface area contributed by atoms with Gasteiger partial charge in [0.15, 0.2) is 0 Å². The Bertz CT molecular complexity index is 461. The van der Waals surface area contributed by atoms with Crippen LogP contribution in [0.25, 0.3) is 0 Å². The Morgan fingerprint density at radius 3 is 2.62 bits per heavy atom. The van der Waals surface area contributed by atoms with E-state index in [-0.39, 0.29) is 16.9 Å². The Morgan fingerprint density at radius 2 is 2.05 bits per heavy atom. The molecule has 2 rings (SSSR count). The van der Waals surface area contributed by atoms with Gasteiger partial charge < -0.3 is 10.6 Å². The highest BCUT2D eigenvalue weighted by atomic mass is 16.2. The van der Waals surface area contributed by atoms with Crippen molar-refractivity contribution in [2.45, 2.75) is 57.4 Å². The van der Waals surface area contributed by atoms with Gasteiger partial charge >= 0.3 is 0 Å². The Hall–Kier alpha value is -1.35. The number of carbonyl (C=O) groups is 1. The van der Waals surface area contributed by atoms with Gasteiger partial charge in [-0.05, 0) is 31.4 Å². The molecular weight excluding hydrogens is 260 g/mol. The number of hydrogen-bond acceptors (Lipinski definition) is 2. The maximum Gasteiger partial charge on any atom is 0.240 e. The smallest absolute Gasteiger partial charge is 0.240 e. The van der Waals surface area contributed by atoms with Crippen molar-refractivity contribution >= 4 is 5.91 Å². The molecule has 21 heavy (non-hydrogen) atoms. The topological polar surface area (TPSA) is 41.1 Å². The Balaban J connectivity index is 2.00. The van der Waals surface area contributed by atoms with Gasteiger partial charge in [-0.3, -0.25) is 4.79 Å². The fraction of sp³-hybridized carbons (Fsp3) is 0.611. The predicted octanol–water partition coefficient (Wildman–Crippen LogP) is 3.00. The average molecular weight is 288 g/mol. The zero-order chi connectivity index (χ0) is 15.3. The Labute approximate surface area is 128 Å². The molecule has 3 heteroatoms. The number of hydrogen-bond donors (Lipinski definition) is 2. The normalized spacial score (nSPS) is 22.2. The summed E-state index contributed by atoms with van der Waals surface area (Å²) in [4.78, 5) is 12.7. The molecule has 0 bridgehead atoms. The zero-order valence-corrected chi connectivity index (χ0v) is 13.5. The van der Waals surface area contributed by atoms with Gasteiger partial charge in [0.05, 0.1) is 5.54 Å². The molecular formula is C18H28N2O. The molecule has 1 unspecified atom stereocenters. The summed E-state index contributed by atoms with van der Waals surface area (Å²) in [5.74, 6) is 0.172. The Morgan fingerprint density at radius 1 is 1.33 bits per heavy atom. The zero-order valence-electron chi connectivity index (χ0n) is 13.5. The van der Waals surface area contributed by atoms with Crippen LogP contribution in [0.1, 0.15) is 52.0 Å². The van der Waals surface area contributed by atoms with Crippen LogP contribution in [0.15, 0.2) is 30.3 Å². The number of carbonyl (C=O) groups excluding carboxylic acids is 1. The van der Waals surface area contributed by atoms with E-state index in [0.29, 0.717) is 6.54 Å². The highest BCUT2D eigenvalue weighted by molar-refractivity contribution is 5.86. The second-order valence-electron chi connectivity index (χ2n) is 6.80. The van der Waals surface area contributed by atoms with Crippen LogP contribution in [0.3, 0.4) is 0 Å². The molecule has 3 nitrogen and oxygen atoms in total. The van der Waals surface area contributed by atoms with Crippen molar-refractivity contribution in [3.8, 4) is 0 Å². The quantitative estimate of drug-likeness (QED) is 0.845. The molecule has 1 aromatic carbocycles. The van der Waals surface area contributed by atoms with E-state index in [1.165, 1.54) is 5.56 Å². The fourth-order valence-corrected chi connectivity index (χ4v) is 3.22. The SMILES string of the molecule is CCCC1(C(=O)NCC(C)(C)c2ccccc2)CCCN1. The molecule has 1 aromatic rings. The van der Waals surface area contributed by atoms with Crippen LogP contribution in [-0.2, 0) is 10.2 Å². The van der Waals surface area contributed by atoms with Crippen LogP contribution in [0.5, 0.6) is 0 Å². The molecule has 0 aliphatic carbocycles. The third-order valence-electron chi connectivity index (χ3n) is 4.60. The van der Waals surface area contributed by atoms with Crippen LogP contribution in [0.2, 0.25) is 0 Å². The van der Waals surface area contributed by atoms with Crippen molar-refractivity contribution in [1.82, 2.24) is 10.6 Å². The molecule has 1 atom stereocenters. The van der Waals surface area contributed by atoms with Gasteiger partial charge in [0.25, 0.3) is 0 Å². The van der Waals surface area contributed by atoms with Crippen molar-refractivity contribution in [3.63, 3.8) is 0 Å². The molecule has 0 aromatic heterocycles. The number of rotatable bonds is 6. The molecule has 1 aliphatic rings. The summed E-state index contributed by atoms with van der Waals surface area (Å²) in [5, 5.41) is 6.62. The van der Waals surface area contributed by atoms with Gasteiger partial charge in [-0.1, -0.05) is 57.5 Å². The summed E-state index contributed by atoms with van der Waals surface area (Å²) in [6.07, 6.45) is 4.00. The van der Waals surface area contributed by atoms with Crippen molar-refractivity contribution in [2.75, 3.05) is 13.1 Å². The molecule has 1 heterocycles. The van der Waals surface area contributed by atoms with Gasteiger partial charge in [-0.25, -0.2) is 0 Å². The molecule has 0 spiro atoms. The second kappa shape index (κ2) is 6.61. The molecule has 0 saturated carbocycles. The summed E-state index contributed by atoms with van der Waals surface area (Å²) in [6.45, 7) is 8.12. The lowest BCUT2D eigenvalue weighted by Gasteiger charge is -2.31. The lowest BCUT2D eigenvalue weighted by molar-refractivity contribution is -0.127. The van der Waals surface area contributed by atoms with Crippen LogP contribution < -0.4 is 10.6 Å². The van der Waals surface area contributed by atoms with E-state index < -0.39 is 0 Å². The van der Waals surface area contributed by atoms with Crippen LogP contribution >= 0.6 is 0 Å². The lowest BCUT2D eigenvalue weighted by Crippen LogP contribution is -2.55. The monoisotopic (exact) mass is 288 g/mol. The van der Waals surface area contributed by atoms with E-state index in [1.54, 1.807) is 0 Å². The first-order valence-electron chi connectivity index (χ1n) is 8.09. The summed E-state index contributed by atoms with van der Waals surface area (Å²) in [6, 6.07) is 10.4. The number of benzene rings is 1. The third kappa shape index (κ3) is 3.65. The van der Waals surface area contributed by atoms with Gasteiger partial charge in [0.2, 0.25) is 5.91 Å². The maximum absolute atomic E-state index is 12.7. The van der Waals surface area contributed by atoms with Gasteiger partial charge in [0, 0.05) is 12.0 Å². The molecule has 1 aliphatic heterocycles. The molecule has 116 valence electrons. The minimum atomic E-state index is -0.332. The second-order valence-corrected chi connectivity index (χ2v) is 6.80. The molecule has 1 saturated heterocycles. The van der Waals surface area contributed by atoms with Gasteiger partial charge in [0.1, 0.15) is 0 Å². The van der Waals surface area contributed by atoms with Crippen LogP contribution in [0, 0.1) is 0 Å². The van der Waals surface area contributed by atoms with Crippen molar-refractivity contribution < 1.29 is 4.79 Å². The summed E-state index contributed by atoms with van der Waals surface area (Å²) >= 11 is 0. The van der Waals surface area contributed by atoms with Crippen LogP contribution in [0.4, 0.5) is 0 Å². The first kappa shape index (κ1) is 16.0. The lowest BCUT2D eigenvalue weighted by atomic mass is 9.84. The van der Waals surface area contributed by atoms with Crippen molar-refractivity contribution in [3.05, 3.63) is 35.9 Å². The highest BCUT2D eigenvalue weighted by Gasteiger charge is 2.40. The van der Waals surface area contributed by atoms with Gasteiger partial charge in [-0.15, -0.1) is 0 Å². The van der Waals surface area contributed by atoms with E-state index in [0.717, 1.165) is 32.2 Å². The molecule has 0 radical (unpaired) electrons. The summed E-state index contributed by atoms with van der Waals surface area (Å²) in [5.41, 5.74) is 0.874. The van der Waals surface area contributed by atoms with E-state index >= 15 is 0 Å². The van der Waals surface area contributed by atoms with Crippen LogP contribution in [-0.4, -0.2) is 24.5 Å². The minimum Gasteiger partial charge on any atom is -0.354 e. The van der Waals surface area contributed by atoms with Crippen molar-refractivity contribution in [2.24, 2.45) is 0 Å². The summed E-state index contributed by atoms with van der Waals surface area (Å²) < 4.78 is 0. The number of amides is 1. The molecule has 2 N–H and O–H groups in total. The van der Waals surface area contributed by atoms with E-state index in [1.807, 2.05) is 6.07 Å².